The van der Waals surface area contributed by atoms with E-state index in [2.05, 4.69) is 27.4 Å². The number of anilines is 1. The molecule has 1 aromatic heterocycles. The molecule has 1 aromatic carbocycles. The molecule has 0 saturated heterocycles. The van der Waals surface area contributed by atoms with Crippen molar-refractivity contribution in [2.45, 2.75) is 31.7 Å². The molecule has 2 aromatic rings. The van der Waals surface area contributed by atoms with Crippen LogP contribution in [0.2, 0.25) is 0 Å². The van der Waals surface area contributed by atoms with E-state index in [1.165, 1.54) is 0 Å². The highest BCUT2D eigenvalue weighted by Gasteiger charge is 2.22. The maximum atomic E-state index is 5.74. The summed E-state index contributed by atoms with van der Waals surface area (Å²) in [6.07, 6.45) is 0.916. The number of benzene rings is 1. The van der Waals surface area contributed by atoms with Gasteiger partial charge in [0.2, 0.25) is 5.16 Å². The van der Waals surface area contributed by atoms with Crippen LogP contribution in [-0.2, 0) is 0 Å². The number of nitrogens with zero attached hydrogens (tertiary/aromatic N) is 3. The van der Waals surface area contributed by atoms with E-state index in [1.807, 2.05) is 31.2 Å². The van der Waals surface area contributed by atoms with Crippen molar-refractivity contribution in [2.75, 3.05) is 11.1 Å². The zero-order valence-electron chi connectivity index (χ0n) is 11.5. The third-order valence-electron chi connectivity index (χ3n) is 2.90. The van der Waals surface area contributed by atoms with Crippen molar-refractivity contribution in [1.29, 1.82) is 0 Å². The zero-order chi connectivity index (χ0) is 13.9. The highest BCUT2D eigenvalue weighted by atomic mass is 32.2. The second-order valence-electron chi connectivity index (χ2n) is 4.55. The fraction of sp³-hybridized carbons (Fsp3) is 0.357. The van der Waals surface area contributed by atoms with Gasteiger partial charge in [0.05, 0.1) is 0 Å². The third kappa shape index (κ3) is 2.56. The fourth-order valence-corrected chi connectivity index (χ4v) is 2.68. The van der Waals surface area contributed by atoms with E-state index in [-0.39, 0.29) is 6.23 Å². The quantitative estimate of drug-likeness (QED) is 0.875. The van der Waals surface area contributed by atoms with Crippen molar-refractivity contribution in [1.82, 2.24) is 15.2 Å². The predicted molar refractivity (Wildman–Crippen MR) is 80.0 cm³/mol. The Labute approximate surface area is 122 Å². The summed E-state index contributed by atoms with van der Waals surface area (Å²) in [7, 11) is 0. The van der Waals surface area contributed by atoms with E-state index >= 15 is 0 Å². The summed E-state index contributed by atoms with van der Waals surface area (Å²) in [4.78, 5) is 4.61. The molecule has 6 heteroatoms. The molecule has 0 spiro atoms. The van der Waals surface area contributed by atoms with E-state index in [0.717, 1.165) is 29.1 Å². The lowest BCUT2D eigenvalue weighted by Crippen LogP contribution is -2.21. The van der Waals surface area contributed by atoms with Crippen LogP contribution in [0.3, 0.4) is 0 Å². The number of rotatable bonds is 3. The van der Waals surface area contributed by atoms with Crippen LogP contribution < -0.4 is 10.1 Å². The highest BCUT2D eigenvalue weighted by molar-refractivity contribution is 7.99. The van der Waals surface area contributed by atoms with Gasteiger partial charge in [0.15, 0.2) is 6.23 Å². The molecule has 1 aliphatic rings. The first-order valence-electron chi connectivity index (χ1n) is 6.68. The normalized spacial score (nSPS) is 16.4. The van der Waals surface area contributed by atoms with Gasteiger partial charge in [-0.1, -0.05) is 36.9 Å². The molecule has 20 heavy (non-hydrogen) atoms. The van der Waals surface area contributed by atoms with Crippen molar-refractivity contribution in [3.8, 4) is 17.1 Å². The van der Waals surface area contributed by atoms with Crippen LogP contribution in [0.5, 0.6) is 5.88 Å². The van der Waals surface area contributed by atoms with Gasteiger partial charge in [-0.25, -0.2) is 4.98 Å². The summed E-state index contributed by atoms with van der Waals surface area (Å²) < 4.78 is 5.74. The van der Waals surface area contributed by atoms with Crippen LogP contribution >= 0.6 is 11.8 Å². The van der Waals surface area contributed by atoms with Crippen LogP contribution in [-0.4, -0.2) is 27.2 Å². The Morgan fingerprint density at radius 1 is 1.30 bits per heavy atom. The lowest BCUT2D eigenvalue weighted by Gasteiger charge is -2.12. The lowest BCUT2D eigenvalue weighted by molar-refractivity contribution is 0.239. The van der Waals surface area contributed by atoms with Crippen molar-refractivity contribution in [3.63, 3.8) is 0 Å². The maximum absolute atomic E-state index is 5.74. The highest BCUT2D eigenvalue weighted by Crippen LogP contribution is 2.36. The van der Waals surface area contributed by atoms with Crippen LogP contribution in [0.15, 0.2) is 29.4 Å². The van der Waals surface area contributed by atoms with E-state index in [4.69, 9.17) is 4.74 Å². The van der Waals surface area contributed by atoms with Crippen molar-refractivity contribution in [2.24, 2.45) is 0 Å². The van der Waals surface area contributed by atoms with Gasteiger partial charge in [0.1, 0.15) is 5.69 Å². The number of thioether (sulfide) groups is 1. The molecule has 5 nitrogen and oxygen atoms in total. The van der Waals surface area contributed by atoms with E-state index in [9.17, 15) is 0 Å². The van der Waals surface area contributed by atoms with Crippen LogP contribution in [0, 0.1) is 0 Å². The van der Waals surface area contributed by atoms with Gasteiger partial charge in [-0.05, 0) is 19.4 Å². The zero-order valence-corrected chi connectivity index (χ0v) is 12.3. The van der Waals surface area contributed by atoms with Crippen LogP contribution in [0.25, 0.3) is 11.3 Å². The lowest BCUT2D eigenvalue weighted by atomic mass is 10.1. The summed E-state index contributed by atoms with van der Waals surface area (Å²) in [5.74, 6) is 1.47. The van der Waals surface area contributed by atoms with Crippen molar-refractivity contribution < 1.29 is 4.74 Å². The molecule has 2 heterocycles. The fourth-order valence-electron chi connectivity index (χ4n) is 2.04. The number of aromatic nitrogens is 3. The Balaban J connectivity index is 2.07. The molecule has 1 atom stereocenters. The molecular weight excluding hydrogens is 272 g/mol. The van der Waals surface area contributed by atoms with Gasteiger partial charge < -0.3 is 10.1 Å². The Morgan fingerprint density at radius 3 is 3.00 bits per heavy atom. The summed E-state index contributed by atoms with van der Waals surface area (Å²) in [6, 6.07) is 8.02. The molecule has 0 aliphatic carbocycles. The number of fused-ring (bicyclic) bond motifs is 3. The molecule has 0 fully saturated rings. The Kier molecular flexibility index (Phi) is 3.73. The van der Waals surface area contributed by atoms with Crippen molar-refractivity contribution in [3.05, 3.63) is 24.3 Å². The largest absolute Gasteiger partial charge is 0.451 e. The minimum absolute atomic E-state index is 0.164. The number of hydrogen-bond acceptors (Lipinski definition) is 6. The Hall–Kier alpha value is -1.82. The first-order chi connectivity index (χ1) is 9.78. The van der Waals surface area contributed by atoms with Gasteiger partial charge in [0.25, 0.3) is 5.88 Å². The molecule has 0 saturated carbocycles. The van der Waals surface area contributed by atoms with E-state index in [0.29, 0.717) is 11.0 Å². The number of hydrogen-bond donors (Lipinski definition) is 1. The smallest absolute Gasteiger partial charge is 0.262 e. The van der Waals surface area contributed by atoms with Crippen LogP contribution in [0.1, 0.15) is 20.3 Å². The molecule has 0 radical (unpaired) electrons. The summed E-state index contributed by atoms with van der Waals surface area (Å²) in [6.45, 7) is 4.07. The van der Waals surface area contributed by atoms with E-state index < -0.39 is 0 Å². The maximum Gasteiger partial charge on any atom is 0.262 e. The summed E-state index contributed by atoms with van der Waals surface area (Å²) >= 11 is 1.61. The van der Waals surface area contributed by atoms with Gasteiger partial charge in [-0.2, -0.15) is 0 Å². The first kappa shape index (κ1) is 13.2. The minimum Gasteiger partial charge on any atom is -0.451 e. The van der Waals surface area contributed by atoms with Gasteiger partial charge in [0, 0.05) is 17.0 Å². The molecule has 0 amide bonds. The first-order valence-corrected chi connectivity index (χ1v) is 7.66. The Morgan fingerprint density at radius 2 is 2.15 bits per heavy atom. The molecule has 0 unspecified atom stereocenters. The van der Waals surface area contributed by atoms with E-state index in [1.54, 1.807) is 11.8 Å². The Bertz CT molecular complexity index is 620. The van der Waals surface area contributed by atoms with Crippen LogP contribution in [0.4, 0.5) is 5.69 Å². The topological polar surface area (TPSA) is 59.9 Å². The number of nitrogens with one attached hydrogen (secondary N) is 1. The molecule has 1 aliphatic heterocycles. The SMILES string of the molecule is CCCSc1nnc2c(n1)-c1ccccc1N[C@H](C)O2. The molecule has 104 valence electrons. The number of para-hydroxylation sites is 1. The standard InChI is InChI=1S/C14H16N4OS/c1-3-8-20-14-16-12-10-6-4-5-7-11(10)15-9(2)19-13(12)17-18-14/h4-7,9,15H,3,8H2,1-2H3/t9-/m0/s1. The van der Waals surface area contributed by atoms with Gasteiger partial charge >= 0.3 is 0 Å². The average molecular weight is 288 g/mol. The molecule has 1 N–H and O–H groups in total. The summed E-state index contributed by atoms with van der Waals surface area (Å²) in [5, 5.41) is 12.3. The second-order valence-corrected chi connectivity index (χ2v) is 5.61. The monoisotopic (exact) mass is 288 g/mol. The van der Waals surface area contributed by atoms with Gasteiger partial charge in [-0.15, -0.1) is 10.2 Å². The average Bonchev–Trinajstić information content (AvgIpc) is 2.60. The molecule has 0 bridgehead atoms. The van der Waals surface area contributed by atoms with Crippen molar-refractivity contribution >= 4 is 17.4 Å². The predicted octanol–water partition coefficient (Wildman–Crippen LogP) is 3.19. The summed E-state index contributed by atoms with van der Waals surface area (Å²) in [5.41, 5.74) is 2.76. The number of ether oxygens (including phenoxy) is 1. The molecule has 3 rings (SSSR count). The van der Waals surface area contributed by atoms with Gasteiger partial charge in [-0.3, -0.25) is 0 Å². The third-order valence-corrected chi connectivity index (χ3v) is 3.94. The molecular formula is C14H16N4OS. The minimum atomic E-state index is -0.164. The second kappa shape index (κ2) is 5.66.